The Balaban J connectivity index is 1.34. The fourth-order valence-electron chi connectivity index (χ4n) is 3.47. The van der Waals surface area contributed by atoms with Crippen LogP contribution >= 0.6 is 22.9 Å². The van der Waals surface area contributed by atoms with E-state index in [0.717, 1.165) is 53.0 Å². The molecule has 0 radical (unpaired) electrons. The molecule has 0 bridgehead atoms. The third-order valence-corrected chi connectivity index (χ3v) is 6.14. The molecule has 4 heterocycles. The summed E-state index contributed by atoms with van der Waals surface area (Å²) < 4.78 is 0. The van der Waals surface area contributed by atoms with Gasteiger partial charge in [0.25, 0.3) is 0 Å². The highest BCUT2D eigenvalue weighted by molar-refractivity contribution is 7.18. The Bertz CT molecular complexity index is 1070. The highest BCUT2D eigenvalue weighted by Gasteiger charge is 2.19. The largest absolute Gasteiger partial charge is 0.293 e. The molecule has 0 spiro atoms. The quantitative estimate of drug-likeness (QED) is 0.494. The third kappa shape index (κ3) is 3.46. The molecule has 1 aliphatic heterocycles. The van der Waals surface area contributed by atoms with Crippen molar-refractivity contribution in [3.63, 3.8) is 0 Å². The Morgan fingerprint density at radius 2 is 2.00 bits per heavy atom. The second-order valence-electron chi connectivity index (χ2n) is 6.74. The summed E-state index contributed by atoms with van der Waals surface area (Å²) >= 11 is 7.75. The molecule has 1 aromatic carbocycles. The molecule has 0 atom stereocenters. The first-order chi connectivity index (χ1) is 13.2. The van der Waals surface area contributed by atoms with Crippen molar-refractivity contribution in [1.82, 2.24) is 19.9 Å². The summed E-state index contributed by atoms with van der Waals surface area (Å²) in [5, 5.41) is 1.95. The molecular formula is C21H17ClN4S. The summed E-state index contributed by atoms with van der Waals surface area (Å²) in [5.41, 5.74) is 3.38. The van der Waals surface area contributed by atoms with Gasteiger partial charge in [-0.25, -0.2) is 15.0 Å². The zero-order valence-corrected chi connectivity index (χ0v) is 16.2. The minimum absolute atomic E-state index is 0.726. The van der Waals surface area contributed by atoms with Gasteiger partial charge in [-0.2, -0.15) is 0 Å². The van der Waals surface area contributed by atoms with Crippen molar-refractivity contribution in [2.24, 2.45) is 0 Å². The molecule has 4 nitrogen and oxygen atoms in total. The molecule has 1 aliphatic rings. The Hall–Kier alpha value is -2.34. The normalized spacial score (nSPS) is 14.4. The van der Waals surface area contributed by atoms with E-state index < -0.39 is 0 Å². The topological polar surface area (TPSA) is 41.9 Å². The van der Waals surface area contributed by atoms with Gasteiger partial charge in [-0.15, -0.1) is 11.3 Å². The molecule has 5 rings (SSSR count). The van der Waals surface area contributed by atoms with Crippen LogP contribution in [0.5, 0.6) is 0 Å². The van der Waals surface area contributed by atoms with Gasteiger partial charge < -0.3 is 0 Å². The lowest BCUT2D eigenvalue weighted by atomic mass is 10.1. The van der Waals surface area contributed by atoms with Crippen molar-refractivity contribution in [2.75, 3.05) is 6.54 Å². The van der Waals surface area contributed by atoms with Crippen LogP contribution in [0.4, 0.5) is 0 Å². The van der Waals surface area contributed by atoms with Gasteiger partial charge in [-0.3, -0.25) is 4.90 Å². The van der Waals surface area contributed by atoms with Gasteiger partial charge in [0, 0.05) is 64.9 Å². The number of pyridine rings is 1. The van der Waals surface area contributed by atoms with E-state index in [1.807, 2.05) is 42.7 Å². The summed E-state index contributed by atoms with van der Waals surface area (Å²) in [7, 11) is 0. The molecule has 6 heteroatoms. The summed E-state index contributed by atoms with van der Waals surface area (Å²) in [4.78, 5) is 18.7. The lowest BCUT2D eigenvalue weighted by molar-refractivity contribution is 0.245. The van der Waals surface area contributed by atoms with Gasteiger partial charge in [-0.1, -0.05) is 17.7 Å². The van der Waals surface area contributed by atoms with Crippen LogP contribution in [-0.2, 0) is 19.5 Å². The van der Waals surface area contributed by atoms with Crippen molar-refractivity contribution in [2.45, 2.75) is 19.5 Å². The number of rotatable bonds is 3. The molecule has 0 N–H and O–H groups in total. The minimum Gasteiger partial charge on any atom is -0.293 e. The van der Waals surface area contributed by atoms with E-state index >= 15 is 0 Å². The number of hydrogen-bond donors (Lipinski definition) is 0. The SMILES string of the molecule is Clc1ccc(-c2ncc3c(n2)CCN(Cc2cc4cccnc4s2)C3)cc1. The first kappa shape index (κ1) is 16.8. The zero-order chi connectivity index (χ0) is 18.2. The van der Waals surface area contributed by atoms with Crippen LogP contribution in [0.15, 0.2) is 54.9 Å². The molecule has 0 amide bonds. The molecule has 0 fully saturated rings. The molecule has 0 aliphatic carbocycles. The highest BCUT2D eigenvalue weighted by atomic mass is 35.5. The van der Waals surface area contributed by atoms with E-state index in [1.54, 1.807) is 11.3 Å². The average Bonchev–Trinajstić information content (AvgIpc) is 3.10. The number of halogens is 1. The van der Waals surface area contributed by atoms with Crippen molar-refractivity contribution in [1.29, 1.82) is 0 Å². The van der Waals surface area contributed by atoms with E-state index in [4.69, 9.17) is 16.6 Å². The molecule has 134 valence electrons. The first-order valence-electron chi connectivity index (χ1n) is 8.91. The van der Waals surface area contributed by atoms with Gasteiger partial charge >= 0.3 is 0 Å². The molecule has 4 aromatic rings. The van der Waals surface area contributed by atoms with Crippen molar-refractivity contribution in [3.8, 4) is 11.4 Å². The fourth-order valence-corrected chi connectivity index (χ4v) is 4.64. The molecule has 0 unspecified atom stereocenters. The first-order valence-corrected chi connectivity index (χ1v) is 10.1. The maximum atomic E-state index is 5.97. The summed E-state index contributed by atoms with van der Waals surface area (Å²) in [5.74, 6) is 0.773. The number of aromatic nitrogens is 3. The lowest BCUT2D eigenvalue weighted by Gasteiger charge is -2.27. The van der Waals surface area contributed by atoms with Gasteiger partial charge in [0.15, 0.2) is 5.82 Å². The van der Waals surface area contributed by atoms with Crippen LogP contribution < -0.4 is 0 Å². The Kier molecular flexibility index (Phi) is 4.36. The number of hydrogen-bond acceptors (Lipinski definition) is 5. The average molecular weight is 393 g/mol. The third-order valence-electron chi connectivity index (χ3n) is 4.84. The van der Waals surface area contributed by atoms with E-state index in [9.17, 15) is 0 Å². The number of thiophene rings is 1. The van der Waals surface area contributed by atoms with Crippen LogP contribution in [-0.4, -0.2) is 26.4 Å². The van der Waals surface area contributed by atoms with E-state index in [2.05, 4.69) is 27.0 Å². The Morgan fingerprint density at radius 3 is 2.85 bits per heavy atom. The predicted octanol–water partition coefficient (Wildman–Crippen LogP) is 4.97. The maximum absolute atomic E-state index is 5.97. The van der Waals surface area contributed by atoms with Crippen LogP contribution in [0.3, 0.4) is 0 Å². The lowest BCUT2D eigenvalue weighted by Crippen LogP contribution is -2.30. The van der Waals surface area contributed by atoms with E-state index in [0.29, 0.717) is 0 Å². The number of benzene rings is 1. The van der Waals surface area contributed by atoms with Gasteiger partial charge in [0.1, 0.15) is 4.83 Å². The second kappa shape index (κ2) is 7.00. The van der Waals surface area contributed by atoms with Crippen LogP contribution in [0.1, 0.15) is 16.1 Å². The molecule has 3 aromatic heterocycles. The zero-order valence-electron chi connectivity index (χ0n) is 14.6. The van der Waals surface area contributed by atoms with Crippen molar-refractivity contribution in [3.05, 3.63) is 76.0 Å². The molecule has 0 saturated heterocycles. The standard InChI is InChI=1S/C21H17ClN4S/c22-17-5-3-14(4-6-17)20-24-11-16-12-26(9-7-19(16)25-20)13-18-10-15-2-1-8-23-21(15)27-18/h1-6,8,10-11H,7,9,12-13H2. The minimum atomic E-state index is 0.726. The second-order valence-corrected chi connectivity index (χ2v) is 8.30. The van der Waals surface area contributed by atoms with Crippen molar-refractivity contribution < 1.29 is 0 Å². The molecule has 27 heavy (non-hydrogen) atoms. The summed E-state index contributed by atoms with van der Waals surface area (Å²) in [6.07, 6.45) is 4.78. The van der Waals surface area contributed by atoms with Crippen LogP contribution in [0, 0.1) is 0 Å². The fraction of sp³-hybridized carbons (Fsp3) is 0.190. The van der Waals surface area contributed by atoms with Crippen molar-refractivity contribution >= 4 is 33.2 Å². The Labute approximate surface area is 166 Å². The monoisotopic (exact) mass is 392 g/mol. The van der Waals surface area contributed by atoms with Crippen LogP contribution in [0.25, 0.3) is 21.6 Å². The number of fused-ring (bicyclic) bond motifs is 2. The smallest absolute Gasteiger partial charge is 0.159 e. The Morgan fingerprint density at radius 1 is 1.11 bits per heavy atom. The van der Waals surface area contributed by atoms with E-state index in [-0.39, 0.29) is 0 Å². The highest BCUT2D eigenvalue weighted by Crippen LogP contribution is 2.27. The van der Waals surface area contributed by atoms with Gasteiger partial charge in [0.05, 0.1) is 5.69 Å². The number of nitrogens with zero attached hydrogens (tertiary/aromatic N) is 4. The van der Waals surface area contributed by atoms with Gasteiger partial charge in [0.2, 0.25) is 0 Å². The van der Waals surface area contributed by atoms with E-state index in [1.165, 1.54) is 15.8 Å². The molecule has 0 saturated carbocycles. The maximum Gasteiger partial charge on any atom is 0.159 e. The van der Waals surface area contributed by atoms with Crippen LogP contribution in [0.2, 0.25) is 5.02 Å². The molecular weight excluding hydrogens is 376 g/mol. The summed E-state index contributed by atoms with van der Waals surface area (Å²) in [6.45, 7) is 2.84. The van der Waals surface area contributed by atoms with Gasteiger partial charge in [-0.05, 0) is 36.4 Å². The predicted molar refractivity (Wildman–Crippen MR) is 110 cm³/mol. The summed E-state index contributed by atoms with van der Waals surface area (Å²) in [6, 6.07) is 14.1.